The highest BCUT2D eigenvalue weighted by Gasteiger charge is 2.23. The molecule has 0 bridgehead atoms. The quantitative estimate of drug-likeness (QED) is 0.661. The summed E-state index contributed by atoms with van der Waals surface area (Å²) in [6, 6.07) is -0.156. The Bertz CT molecular complexity index is 300. The van der Waals surface area contributed by atoms with E-state index in [0.717, 1.165) is 0 Å². The number of hydrogen-bond acceptors (Lipinski definition) is 4. The summed E-state index contributed by atoms with van der Waals surface area (Å²) < 4.78 is 22.0. The molecular weight excluding hydrogens is 190 g/mol. The van der Waals surface area contributed by atoms with Gasteiger partial charge in [0.15, 0.2) is 9.84 Å². The summed E-state index contributed by atoms with van der Waals surface area (Å²) in [7, 11) is -2.99. The van der Waals surface area contributed by atoms with Crippen LogP contribution < -0.4 is 5.32 Å². The van der Waals surface area contributed by atoms with Gasteiger partial charge < -0.3 is 10.4 Å². The van der Waals surface area contributed by atoms with E-state index in [0.29, 0.717) is 6.54 Å². The molecule has 0 aromatic heterocycles. The molecule has 0 aromatic rings. The fourth-order valence-corrected chi connectivity index (χ4v) is 2.35. The molecule has 1 heterocycles. The van der Waals surface area contributed by atoms with Crippen molar-refractivity contribution in [3.05, 3.63) is 11.5 Å². The molecule has 5 heteroatoms. The Morgan fingerprint density at radius 1 is 1.62 bits per heavy atom. The minimum Gasteiger partial charge on any atom is -0.389 e. The third-order valence-corrected chi connectivity index (χ3v) is 3.12. The van der Waals surface area contributed by atoms with Crippen LogP contribution in [0.2, 0.25) is 0 Å². The van der Waals surface area contributed by atoms with Gasteiger partial charge in [0, 0.05) is 18.0 Å². The first kappa shape index (κ1) is 10.7. The summed E-state index contributed by atoms with van der Waals surface area (Å²) >= 11 is 0. The SMILES string of the molecule is CC(C)(O)CNC1C=CS(=O)(=O)C1. The van der Waals surface area contributed by atoms with Crippen LogP contribution in [0.15, 0.2) is 11.5 Å². The van der Waals surface area contributed by atoms with Crippen LogP contribution in [0.3, 0.4) is 0 Å². The van der Waals surface area contributed by atoms with E-state index >= 15 is 0 Å². The van der Waals surface area contributed by atoms with Gasteiger partial charge in [-0.3, -0.25) is 0 Å². The van der Waals surface area contributed by atoms with Gasteiger partial charge >= 0.3 is 0 Å². The number of hydrogen-bond donors (Lipinski definition) is 2. The van der Waals surface area contributed by atoms with Crippen LogP contribution in [0.25, 0.3) is 0 Å². The summed E-state index contributed by atoms with van der Waals surface area (Å²) in [4.78, 5) is 0. The van der Waals surface area contributed by atoms with E-state index in [9.17, 15) is 13.5 Å². The zero-order chi connectivity index (χ0) is 10.1. The van der Waals surface area contributed by atoms with Crippen molar-refractivity contribution in [2.24, 2.45) is 0 Å². The second kappa shape index (κ2) is 3.40. The maximum atomic E-state index is 11.0. The number of aliphatic hydroxyl groups is 1. The van der Waals surface area contributed by atoms with E-state index in [1.807, 2.05) is 0 Å². The van der Waals surface area contributed by atoms with Crippen molar-refractivity contribution in [2.45, 2.75) is 25.5 Å². The molecule has 4 nitrogen and oxygen atoms in total. The molecule has 0 aromatic carbocycles. The fraction of sp³-hybridized carbons (Fsp3) is 0.750. The van der Waals surface area contributed by atoms with Crippen LogP contribution in [-0.4, -0.2) is 37.5 Å². The van der Waals surface area contributed by atoms with Gasteiger partial charge in [-0.15, -0.1) is 0 Å². The smallest absolute Gasteiger partial charge is 0.173 e. The normalized spacial score (nSPS) is 26.5. The van der Waals surface area contributed by atoms with Crippen LogP contribution in [0, 0.1) is 0 Å². The topological polar surface area (TPSA) is 66.4 Å². The molecule has 0 saturated carbocycles. The van der Waals surface area contributed by atoms with E-state index in [1.165, 1.54) is 5.41 Å². The van der Waals surface area contributed by atoms with Crippen LogP contribution >= 0.6 is 0 Å². The minimum atomic E-state index is -2.99. The predicted molar refractivity (Wildman–Crippen MR) is 51.0 cm³/mol. The zero-order valence-electron chi connectivity index (χ0n) is 7.82. The van der Waals surface area contributed by atoms with Crippen molar-refractivity contribution < 1.29 is 13.5 Å². The maximum Gasteiger partial charge on any atom is 0.173 e. The standard InChI is InChI=1S/C8H15NO3S/c1-8(2,10)6-9-7-3-4-13(11,12)5-7/h3-4,7,9-10H,5-6H2,1-2H3. The van der Waals surface area contributed by atoms with E-state index in [4.69, 9.17) is 0 Å². The van der Waals surface area contributed by atoms with Crippen molar-refractivity contribution >= 4 is 9.84 Å². The molecule has 13 heavy (non-hydrogen) atoms. The Morgan fingerprint density at radius 3 is 2.62 bits per heavy atom. The average Bonchev–Trinajstić information content (AvgIpc) is 2.24. The molecule has 0 aliphatic carbocycles. The molecule has 0 spiro atoms. The van der Waals surface area contributed by atoms with Crippen molar-refractivity contribution in [1.82, 2.24) is 5.32 Å². The summed E-state index contributed by atoms with van der Waals surface area (Å²) in [6.45, 7) is 3.73. The lowest BCUT2D eigenvalue weighted by Gasteiger charge is -2.19. The van der Waals surface area contributed by atoms with E-state index < -0.39 is 15.4 Å². The molecule has 0 radical (unpaired) electrons. The highest BCUT2D eigenvalue weighted by molar-refractivity contribution is 7.94. The molecule has 1 aliphatic heterocycles. The highest BCUT2D eigenvalue weighted by Crippen LogP contribution is 2.08. The monoisotopic (exact) mass is 205 g/mol. The van der Waals surface area contributed by atoms with Crippen molar-refractivity contribution in [3.63, 3.8) is 0 Å². The van der Waals surface area contributed by atoms with Gasteiger partial charge in [0.25, 0.3) is 0 Å². The summed E-state index contributed by atoms with van der Waals surface area (Å²) in [5.74, 6) is 0.100. The minimum absolute atomic E-state index is 0.100. The van der Waals surface area contributed by atoms with Crippen LogP contribution in [0.4, 0.5) is 0 Å². The van der Waals surface area contributed by atoms with Gasteiger partial charge in [-0.2, -0.15) is 0 Å². The lowest BCUT2D eigenvalue weighted by molar-refractivity contribution is 0.0786. The Morgan fingerprint density at radius 2 is 2.23 bits per heavy atom. The molecule has 1 aliphatic rings. The first-order valence-corrected chi connectivity index (χ1v) is 5.87. The Labute approximate surface area is 78.6 Å². The number of sulfone groups is 1. The lowest BCUT2D eigenvalue weighted by atomic mass is 10.1. The van der Waals surface area contributed by atoms with Gasteiger partial charge in [0.1, 0.15) is 0 Å². The Kier molecular flexibility index (Phi) is 2.79. The molecule has 1 rings (SSSR count). The second-order valence-electron chi connectivity index (χ2n) is 3.96. The molecule has 0 saturated heterocycles. The molecular formula is C8H15NO3S. The molecule has 0 amide bonds. The summed E-state index contributed by atoms with van der Waals surface area (Å²) in [6.07, 6.45) is 1.61. The van der Waals surface area contributed by atoms with E-state index in [2.05, 4.69) is 5.32 Å². The number of nitrogens with one attached hydrogen (secondary N) is 1. The second-order valence-corrected chi connectivity index (χ2v) is 5.89. The summed E-state index contributed by atoms with van der Waals surface area (Å²) in [5.41, 5.74) is -0.805. The maximum absolute atomic E-state index is 11.0. The van der Waals surface area contributed by atoms with Gasteiger partial charge in [-0.25, -0.2) is 8.42 Å². The number of rotatable bonds is 3. The molecule has 1 atom stereocenters. The van der Waals surface area contributed by atoms with Gasteiger partial charge in [-0.1, -0.05) is 6.08 Å². The molecule has 1 unspecified atom stereocenters. The van der Waals surface area contributed by atoms with Crippen LogP contribution in [-0.2, 0) is 9.84 Å². The van der Waals surface area contributed by atoms with Crippen molar-refractivity contribution in [2.75, 3.05) is 12.3 Å². The van der Waals surface area contributed by atoms with E-state index in [-0.39, 0.29) is 11.8 Å². The first-order valence-electron chi connectivity index (χ1n) is 4.15. The largest absolute Gasteiger partial charge is 0.389 e. The third-order valence-electron chi connectivity index (χ3n) is 1.73. The van der Waals surface area contributed by atoms with Gasteiger partial charge in [-0.05, 0) is 13.8 Å². The molecule has 76 valence electrons. The van der Waals surface area contributed by atoms with Crippen LogP contribution in [0.5, 0.6) is 0 Å². The summed E-state index contributed by atoms with van der Waals surface area (Å²) in [5, 5.41) is 13.6. The van der Waals surface area contributed by atoms with E-state index in [1.54, 1.807) is 19.9 Å². The van der Waals surface area contributed by atoms with Gasteiger partial charge in [0.05, 0.1) is 11.4 Å². The first-order chi connectivity index (χ1) is 5.79. The van der Waals surface area contributed by atoms with Gasteiger partial charge in [0.2, 0.25) is 0 Å². The molecule has 0 fully saturated rings. The van der Waals surface area contributed by atoms with Crippen LogP contribution in [0.1, 0.15) is 13.8 Å². The zero-order valence-corrected chi connectivity index (χ0v) is 8.63. The lowest BCUT2D eigenvalue weighted by Crippen LogP contribution is -2.41. The highest BCUT2D eigenvalue weighted by atomic mass is 32.2. The third kappa shape index (κ3) is 3.89. The Balaban J connectivity index is 2.39. The fourth-order valence-electron chi connectivity index (χ4n) is 1.08. The Hall–Kier alpha value is -0.390. The predicted octanol–water partition coefficient (Wildman–Crippen LogP) is -0.342. The van der Waals surface area contributed by atoms with Crippen molar-refractivity contribution in [3.8, 4) is 0 Å². The average molecular weight is 205 g/mol. The molecule has 2 N–H and O–H groups in total. The van der Waals surface area contributed by atoms with Crippen molar-refractivity contribution in [1.29, 1.82) is 0 Å².